The number of hydrogen-bond donors (Lipinski definition) is 0. The Morgan fingerprint density at radius 2 is 0.459 bits per heavy atom. The van der Waals surface area contributed by atoms with Crippen LogP contribution < -0.4 is 0 Å². The minimum atomic E-state index is 0.698. The zero-order valence-corrected chi connectivity index (χ0v) is 80.7. The van der Waals surface area contributed by atoms with Gasteiger partial charge in [0.25, 0.3) is 0 Å². The molecule has 11 heterocycles. The van der Waals surface area contributed by atoms with Gasteiger partial charge in [-0.1, -0.05) is 370 Å². The second-order valence-electron chi connectivity index (χ2n) is 38.0. The molecule has 33 aromatic rings. The van der Waals surface area contributed by atoms with Crippen molar-refractivity contribution in [2.24, 2.45) is 0 Å². The molecule has 0 bridgehead atoms. The van der Waals surface area contributed by atoms with Gasteiger partial charge in [0.1, 0.15) is 16.7 Å². The molecule has 0 unspecified atom stereocenters. The zero-order valence-electron chi connectivity index (χ0n) is 79.0. The average Bonchev–Trinajstić information content (AvgIpc) is 1.56. The molecule has 0 N–H and O–H groups in total. The van der Waals surface area contributed by atoms with Crippen molar-refractivity contribution in [1.29, 1.82) is 0 Å². The summed E-state index contributed by atoms with van der Waals surface area (Å²) < 4.78 is 32.5. The van der Waals surface area contributed by atoms with Crippen LogP contribution in [0.1, 0.15) is 0 Å². The standard InChI is InChI=1S/C48H27N3OS.C44H25N3OS.C42H25N3O/c1-2-13-29-26-30(25-24-28(29)12-1)43-47-44(36-18-7-10-23-42(36)53-47)50-48(49-43)38-27-37-35-19-11-22-41(46(35)52-45(37)34-17-4-3-14-31(34)38)51-39-20-8-5-15-32(39)33-16-6-9-21-40(33)51;1-2-13-26(14-3-1)39-43-40(32-19-8-11-24-38(32)49-43)46-44(45-39)34-25-33-31-20-12-23-37(42(31)48-41(33)30-18-5-4-15-27(30)34)47-35-21-9-6-16-28(35)29-17-7-10-22-36(29)47;1-2-13-26(14-3-1)39-32-19-6-9-21-35(32)43-42(44-39)34-25-33-31-20-12-24-38(41(31)46-40(33)30-18-5-4-15-27(30)34)45-36-22-10-7-16-28(36)29-17-8-11-23-37(29)45/h1-27H;1-25H;1-25H. The van der Waals surface area contributed by atoms with Crippen LogP contribution in [-0.2, 0) is 0 Å². The third-order valence-corrected chi connectivity index (χ3v) is 32.1. The lowest BCUT2D eigenvalue weighted by atomic mass is 9.99. The average molecular weight is 1930 g/mol. The van der Waals surface area contributed by atoms with Gasteiger partial charge >= 0.3 is 0 Å². The van der Waals surface area contributed by atoms with Crippen LogP contribution in [0.5, 0.6) is 0 Å². The maximum atomic E-state index is 7.00. The normalized spacial score (nSPS) is 12.1. The van der Waals surface area contributed by atoms with Crippen molar-refractivity contribution in [2.45, 2.75) is 0 Å². The summed E-state index contributed by atoms with van der Waals surface area (Å²) in [4.78, 5) is 31.9. The molecular formula is C134H77N9O3S2. The van der Waals surface area contributed by atoms with Crippen LogP contribution >= 0.6 is 22.7 Å². The molecule has 148 heavy (non-hydrogen) atoms. The molecule has 0 fully saturated rings. The number of thiophene rings is 2. The van der Waals surface area contributed by atoms with Gasteiger partial charge in [-0.25, -0.2) is 29.9 Å². The molecule has 14 heteroatoms. The zero-order chi connectivity index (χ0) is 96.9. The number of benzene rings is 22. The molecule has 0 saturated carbocycles. The molecule has 0 amide bonds. The highest BCUT2D eigenvalue weighted by atomic mass is 32.1. The summed E-state index contributed by atoms with van der Waals surface area (Å²) in [5.74, 6) is 2.11. The van der Waals surface area contributed by atoms with E-state index >= 15 is 0 Å². The molecule has 0 atom stereocenters. The highest BCUT2D eigenvalue weighted by molar-refractivity contribution is 7.26. The van der Waals surface area contributed by atoms with E-state index in [1.165, 1.54) is 52.5 Å². The predicted octanol–water partition coefficient (Wildman–Crippen LogP) is 36.9. The molecule has 22 aromatic carbocycles. The first-order chi connectivity index (χ1) is 73.4. The Kier molecular flexibility index (Phi) is 18.6. The molecule has 0 radical (unpaired) electrons. The number of nitrogens with zero attached hydrogens (tertiary/aromatic N) is 9. The van der Waals surface area contributed by atoms with E-state index in [0.29, 0.717) is 17.5 Å². The number of furan rings is 3. The Labute approximate surface area is 851 Å². The van der Waals surface area contributed by atoms with Crippen molar-refractivity contribution >= 4 is 249 Å². The van der Waals surface area contributed by atoms with E-state index in [1.54, 1.807) is 22.7 Å². The van der Waals surface area contributed by atoms with Crippen molar-refractivity contribution in [2.75, 3.05) is 0 Å². The van der Waals surface area contributed by atoms with Crippen LogP contribution in [0.15, 0.2) is 480 Å². The van der Waals surface area contributed by atoms with Crippen molar-refractivity contribution < 1.29 is 13.3 Å². The fourth-order valence-corrected chi connectivity index (χ4v) is 25.5. The Balaban J connectivity index is 0.000000101. The van der Waals surface area contributed by atoms with E-state index in [4.69, 9.17) is 43.2 Å². The van der Waals surface area contributed by atoms with E-state index in [9.17, 15) is 0 Å². The van der Waals surface area contributed by atoms with E-state index in [2.05, 4.69) is 457 Å². The van der Waals surface area contributed by atoms with Crippen molar-refractivity contribution in [3.8, 4) is 85.0 Å². The number of rotatable bonds is 9. The first-order valence-corrected chi connectivity index (χ1v) is 51.4. The summed E-state index contributed by atoms with van der Waals surface area (Å²) in [5.41, 5.74) is 27.0. The highest BCUT2D eigenvalue weighted by Gasteiger charge is 2.30. The SMILES string of the molecule is c1ccc(-c2nc(-c3cc4c5cccc(-n6c7ccccc7c7ccccc76)c5oc4c4ccccc34)nc3c2sc2ccccc23)cc1.c1ccc(-c2nc(-c3cc4c5cccc(-n6c7ccccc7c7ccccc76)c5oc4c4ccccc34)nc3ccccc23)cc1.c1ccc2cc(-c3nc(-c4cc5c6cccc(-n7c8ccccc8c8ccccc87)c6oc5c5ccccc45)nc4c3sc3ccccc34)ccc2c1. The number of aromatic nitrogens is 9. The van der Waals surface area contributed by atoms with Gasteiger partial charge < -0.3 is 27.0 Å². The second kappa shape index (κ2) is 33.1. The van der Waals surface area contributed by atoms with Crippen molar-refractivity contribution in [3.05, 3.63) is 467 Å². The van der Waals surface area contributed by atoms with E-state index in [-0.39, 0.29) is 0 Å². The lowest BCUT2D eigenvalue weighted by Crippen LogP contribution is -1.96. The largest absolute Gasteiger partial charge is 0.453 e. The minimum absolute atomic E-state index is 0.698. The summed E-state index contributed by atoms with van der Waals surface area (Å²) in [6.07, 6.45) is 0. The van der Waals surface area contributed by atoms with Gasteiger partial charge in [0.2, 0.25) is 0 Å². The Bertz CT molecular complexity index is 11300. The first-order valence-electron chi connectivity index (χ1n) is 49.8. The maximum absolute atomic E-state index is 7.00. The van der Waals surface area contributed by atoms with E-state index < -0.39 is 0 Å². The Morgan fingerprint density at radius 3 is 0.851 bits per heavy atom. The molecule has 0 spiro atoms. The van der Waals surface area contributed by atoms with Crippen LogP contribution in [0.4, 0.5) is 0 Å². The first kappa shape index (κ1) is 83.3. The second-order valence-corrected chi connectivity index (χ2v) is 40.1. The van der Waals surface area contributed by atoms with Gasteiger partial charge in [0.05, 0.1) is 93.2 Å². The molecular weight excluding hydrogens is 1850 g/mol. The molecule has 688 valence electrons. The topological polar surface area (TPSA) is 132 Å². The molecule has 11 aromatic heterocycles. The Morgan fingerprint density at radius 1 is 0.176 bits per heavy atom. The maximum Gasteiger partial charge on any atom is 0.161 e. The summed E-state index contributed by atoms with van der Waals surface area (Å²) in [6.45, 7) is 0. The summed E-state index contributed by atoms with van der Waals surface area (Å²) >= 11 is 3.52. The highest BCUT2D eigenvalue weighted by Crippen LogP contribution is 2.51. The third-order valence-electron chi connectivity index (χ3n) is 29.8. The number of para-hydroxylation sites is 10. The quantitative estimate of drug-likeness (QED) is 0.139. The molecule has 0 saturated heterocycles. The number of fused-ring (bicyclic) bond motifs is 32. The van der Waals surface area contributed by atoms with Crippen LogP contribution in [0.2, 0.25) is 0 Å². The lowest BCUT2D eigenvalue weighted by Gasteiger charge is -2.11. The fourth-order valence-electron chi connectivity index (χ4n) is 23.2. The fraction of sp³-hybridized carbons (Fsp3) is 0. The summed E-state index contributed by atoms with van der Waals surface area (Å²) in [7, 11) is 0. The van der Waals surface area contributed by atoms with Crippen LogP contribution in [-0.4, -0.2) is 43.6 Å². The van der Waals surface area contributed by atoms with Crippen LogP contribution in [0.25, 0.3) is 311 Å². The van der Waals surface area contributed by atoms with Crippen LogP contribution in [0, 0.1) is 0 Å². The lowest BCUT2D eigenvalue weighted by molar-refractivity contribution is 0.669. The molecule has 0 aliphatic heterocycles. The van der Waals surface area contributed by atoms with Gasteiger partial charge in [-0.05, 0) is 124 Å². The predicted molar refractivity (Wildman–Crippen MR) is 617 cm³/mol. The number of hydrogen-bond acceptors (Lipinski definition) is 11. The van der Waals surface area contributed by atoms with Gasteiger partial charge in [-0.3, -0.25) is 0 Å². The van der Waals surface area contributed by atoms with E-state index in [0.717, 1.165) is 241 Å². The van der Waals surface area contributed by atoms with Crippen molar-refractivity contribution in [3.63, 3.8) is 0 Å². The van der Waals surface area contributed by atoms with Gasteiger partial charge in [0.15, 0.2) is 34.2 Å². The Hall–Kier alpha value is -19.4. The monoisotopic (exact) mass is 1920 g/mol. The van der Waals surface area contributed by atoms with E-state index in [1.807, 2.05) is 24.3 Å². The molecule has 33 rings (SSSR count). The summed E-state index contributed by atoms with van der Waals surface area (Å²) in [6, 6.07) is 164. The molecule has 12 nitrogen and oxygen atoms in total. The minimum Gasteiger partial charge on any atom is -0.453 e. The smallest absolute Gasteiger partial charge is 0.161 e. The molecule has 0 aliphatic carbocycles. The van der Waals surface area contributed by atoms with Crippen molar-refractivity contribution in [1.82, 2.24) is 43.6 Å². The van der Waals surface area contributed by atoms with Gasteiger partial charge in [-0.15, -0.1) is 22.7 Å². The summed E-state index contributed by atoms with van der Waals surface area (Å²) in [5, 5.41) is 25.7. The van der Waals surface area contributed by atoms with Gasteiger partial charge in [-0.2, -0.15) is 0 Å². The molecule has 0 aliphatic rings. The van der Waals surface area contributed by atoms with Gasteiger partial charge in [0, 0.05) is 140 Å². The third kappa shape index (κ3) is 12.8. The van der Waals surface area contributed by atoms with Crippen LogP contribution in [0.3, 0.4) is 0 Å².